The monoisotopic (exact) mass is 529 g/mol. The Balaban J connectivity index is 2.15. The molecule has 0 fully saturated rings. The lowest BCUT2D eigenvalue weighted by Gasteiger charge is -2.19. The van der Waals surface area contributed by atoms with Gasteiger partial charge >= 0.3 is 7.82 Å². The maximum absolute atomic E-state index is 12.4. The molecular weight excluding hydrogens is 485 g/mol. The summed E-state index contributed by atoms with van der Waals surface area (Å²) in [5.41, 5.74) is 0.898. The number of rotatable bonds is 21. The molecule has 0 unspecified atom stereocenters. The van der Waals surface area contributed by atoms with Gasteiger partial charge in [0.15, 0.2) is 0 Å². The second kappa shape index (κ2) is 20.0. The molecule has 6 nitrogen and oxygen atoms in total. The van der Waals surface area contributed by atoms with Crippen molar-refractivity contribution >= 4 is 25.3 Å². The Kier molecular flexibility index (Phi) is 18.2. The van der Waals surface area contributed by atoms with Crippen molar-refractivity contribution < 1.29 is 23.7 Å². The first-order valence-corrected chi connectivity index (χ1v) is 15.1. The Morgan fingerprint density at radius 2 is 1.49 bits per heavy atom. The first kappa shape index (κ1) is 31.9. The topological polar surface area (TPSA) is 95.9 Å². The molecule has 35 heavy (non-hydrogen) atoms. The van der Waals surface area contributed by atoms with Gasteiger partial charge in [0.25, 0.3) is 0 Å². The molecule has 1 amide bonds. The third-order valence-electron chi connectivity index (χ3n) is 5.87. The zero-order valence-corrected chi connectivity index (χ0v) is 22.9. The Morgan fingerprint density at radius 1 is 0.943 bits per heavy atom. The summed E-state index contributed by atoms with van der Waals surface area (Å²) in [4.78, 5) is 30.4. The molecule has 1 atom stereocenters. The largest absolute Gasteiger partial charge is 0.469 e. The lowest BCUT2D eigenvalue weighted by Crippen LogP contribution is -2.39. The van der Waals surface area contributed by atoms with Gasteiger partial charge in [0.1, 0.15) is 0 Å². The van der Waals surface area contributed by atoms with Crippen molar-refractivity contribution in [3.63, 3.8) is 0 Å². The van der Waals surface area contributed by atoms with Gasteiger partial charge in [-0.25, -0.2) is 4.57 Å². The molecule has 8 heteroatoms. The average molecular weight is 530 g/mol. The first-order chi connectivity index (χ1) is 16.8. The Hall–Kier alpha value is -1.17. The Bertz CT molecular complexity index is 750. The van der Waals surface area contributed by atoms with E-state index >= 15 is 0 Å². The molecule has 0 bridgehead atoms. The van der Waals surface area contributed by atoms with Crippen LogP contribution >= 0.6 is 19.4 Å². The highest BCUT2D eigenvalue weighted by molar-refractivity contribution is 7.46. The number of benzene rings is 1. The molecule has 1 aromatic rings. The Labute approximate surface area is 217 Å². The molecule has 0 saturated carbocycles. The lowest BCUT2D eigenvalue weighted by atomic mass is 10.1. The number of carbonyl (C=O) groups is 1. The summed E-state index contributed by atoms with van der Waals surface area (Å²) in [6.07, 6.45) is 21.0. The van der Waals surface area contributed by atoms with Crippen LogP contribution in [-0.4, -0.2) is 28.3 Å². The fourth-order valence-electron chi connectivity index (χ4n) is 3.90. The smallest absolute Gasteiger partial charge is 0.351 e. The number of allylic oxidation sites excluding steroid dienone is 2. The number of phosphoric acid groups is 1. The number of amides is 1. The molecule has 0 aromatic heterocycles. The van der Waals surface area contributed by atoms with Gasteiger partial charge in [-0.05, 0) is 56.2 Å². The van der Waals surface area contributed by atoms with Crippen LogP contribution in [0.1, 0.15) is 102 Å². The molecule has 0 saturated heterocycles. The van der Waals surface area contributed by atoms with Gasteiger partial charge in [0.05, 0.1) is 12.6 Å². The molecule has 200 valence electrons. The van der Waals surface area contributed by atoms with E-state index in [-0.39, 0.29) is 12.5 Å². The van der Waals surface area contributed by atoms with E-state index in [0.29, 0.717) is 17.9 Å². The van der Waals surface area contributed by atoms with E-state index < -0.39 is 13.9 Å². The molecule has 1 aromatic carbocycles. The van der Waals surface area contributed by atoms with Crippen LogP contribution in [0.25, 0.3) is 0 Å². The number of phosphoric ester groups is 1. The predicted molar refractivity (Wildman–Crippen MR) is 145 cm³/mol. The van der Waals surface area contributed by atoms with E-state index in [1.165, 1.54) is 51.4 Å². The normalized spacial score (nSPS) is 12.8. The van der Waals surface area contributed by atoms with Crippen molar-refractivity contribution in [2.75, 3.05) is 6.61 Å². The quantitative estimate of drug-likeness (QED) is 0.0869. The maximum Gasteiger partial charge on any atom is 0.469 e. The van der Waals surface area contributed by atoms with Crippen LogP contribution in [0, 0.1) is 0 Å². The van der Waals surface area contributed by atoms with E-state index in [1.54, 1.807) is 12.1 Å². The third kappa shape index (κ3) is 19.7. The summed E-state index contributed by atoms with van der Waals surface area (Å²) in [7, 11) is -4.61. The van der Waals surface area contributed by atoms with Crippen LogP contribution in [-0.2, 0) is 20.3 Å². The van der Waals surface area contributed by atoms with Crippen LogP contribution in [0.3, 0.4) is 0 Å². The molecule has 0 spiro atoms. The zero-order valence-electron chi connectivity index (χ0n) is 21.3. The first-order valence-electron chi connectivity index (χ1n) is 13.2. The SMILES string of the molecule is CCCCCCCCC=CCCCCCCCC(=O)N[C@H](COP(=O)(O)O)Cc1ccc(Cl)cc1. The minimum absolute atomic E-state index is 0.129. The molecule has 3 N–H and O–H groups in total. The standard InChI is InChI=1S/C27H45ClNO5P/c1-2-3-4-5-6-7-8-9-10-11-12-13-14-15-16-17-27(30)29-26(23-34-35(31,32)33)22-24-18-20-25(28)21-19-24/h9-10,18-21,26H,2-8,11-17,22-23H2,1H3,(H,29,30)(H2,31,32,33)/t26-/m0/s1. The van der Waals surface area contributed by atoms with Gasteiger partial charge in [0.2, 0.25) is 5.91 Å². The minimum atomic E-state index is -4.61. The van der Waals surface area contributed by atoms with Crippen molar-refractivity contribution in [1.29, 1.82) is 0 Å². The minimum Gasteiger partial charge on any atom is -0.351 e. The number of carbonyl (C=O) groups excluding carboxylic acids is 1. The molecule has 0 aliphatic heterocycles. The van der Waals surface area contributed by atoms with Crippen molar-refractivity contribution in [2.45, 2.75) is 109 Å². The van der Waals surface area contributed by atoms with Gasteiger partial charge in [-0.1, -0.05) is 94.2 Å². The van der Waals surface area contributed by atoms with Crippen LogP contribution < -0.4 is 5.32 Å². The van der Waals surface area contributed by atoms with E-state index in [2.05, 4.69) is 28.9 Å². The van der Waals surface area contributed by atoms with Gasteiger partial charge in [-0.2, -0.15) is 0 Å². The molecule has 1 rings (SSSR count). The summed E-state index contributed by atoms with van der Waals surface area (Å²) in [6, 6.07) is 6.60. The van der Waals surface area contributed by atoms with Crippen LogP contribution in [0.5, 0.6) is 0 Å². The third-order valence-corrected chi connectivity index (χ3v) is 6.61. The van der Waals surface area contributed by atoms with E-state index in [0.717, 1.165) is 37.7 Å². The van der Waals surface area contributed by atoms with Crippen LogP contribution in [0.4, 0.5) is 0 Å². The number of hydrogen-bond acceptors (Lipinski definition) is 3. The second-order valence-electron chi connectivity index (χ2n) is 9.22. The number of halogens is 1. The highest BCUT2D eigenvalue weighted by Crippen LogP contribution is 2.35. The zero-order chi connectivity index (χ0) is 25.8. The Morgan fingerprint density at radius 3 is 2.06 bits per heavy atom. The number of nitrogens with one attached hydrogen (secondary N) is 1. The highest BCUT2D eigenvalue weighted by Gasteiger charge is 2.20. The number of unbranched alkanes of at least 4 members (excludes halogenated alkanes) is 11. The second-order valence-corrected chi connectivity index (χ2v) is 10.9. The molecule has 0 radical (unpaired) electrons. The van der Waals surface area contributed by atoms with E-state index in [4.69, 9.17) is 21.4 Å². The molecular formula is C27H45ClNO5P. The van der Waals surface area contributed by atoms with Crippen LogP contribution in [0.2, 0.25) is 5.02 Å². The summed E-state index contributed by atoms with van der Waals surface area (Å²) in [5.74, 6) is -0.129. The van der Waals surface area contributed by atoms with E-state index in [9.17, 15) is 9.36 Å². The average Bonchev–Trinajstić information content (AvgIpc) is 2.81. The predicted octanol–water partition coefficient (Wildman–Crippen LogP) is 7.51. The van der Waals surface area contributed by atoms with Crippen molar-refractivity contribution in [2.24, 2.45) is 0 Å². The maximum atomic E-state index is 12.4. The number of hydrogen-bond donors (Lipinski definition) is 3. The van der Waals surface area contributed by atoms with E-state index in [1.807, 2.05) is 12.1 Å². The summed E-state index contributed by atoms with van der Waals surface area (Å²) in [6.45, 7) is 1.99. The van der Waals surface area contributed by atoms with Gasteiger partial charge < -0.3 is 15.1 Å². The summed E-state index contributed by atoms with van der Waals surface area (Å²) >= 11 is 5.91. The fourth-order valence-corrected chi connectivity index (χ4v) is 4.40. The van der Waals surface area contributed by atoms with Crippen molar-refractivity contribution in [1.82, 2.24) is 5.32 Å². The molecule has 0 aliphatic carbocycles. The summed E-state index contributed by atoms with van der Waals surface area (Å²) in [5, 5.41) is 3.45. The molecule has 0 heterocycles. The van der Waals surface area contributed by atoms with Gasteiger partial charge in [0, 0.05) is 11.4 Å². The van der Waals surface area contributed by atoms with Crippen molar-refractivity contribution in [3.05, 3.63) is 47.0 Å². The van der Waals surface area contributed by atoms with Gasteiger partial charge in [-0.15, -0.1) is 0 Å². The summed E-state index contributed by atoms with van der Waals surface area (Å²) < 4.78 is 15.7. The fraction of sp³-hybridized carbons (Fsp3) is 0.667. The lowest BCUT2D eigenvalue weighted by molar-refractivity contribution is -0.122. The highest BCUT2D eigenvalue weighted by atomic mass is 35.5. The molecule has 0 aliphatic rings. The van der Waals surface area contributed by atoms with Gasteiger partial charge in [-0.3, -0.25) is 9.32 Å². The van der Waals surface area contributed by atoms with Crippen LogP contribution in [0.15, 0.2) is 36.4 Å². The van der Waals surface area contributed by atoms with Crippen molar-refractivity contribution in [3.8, 4) is 0 Å².